The summed E-state index contributed by atoms with van der Waals surface area (Å²) in [4.78, 5) is 2.50. The highest BCUT2D eigenvalue weighted by Crippen LogP contribution is 2.25. The first-order chi connectivity index (χ1) is 7.70. The number of nitrogens with zero attached hydrogens (tertiary/aromatic N) is 1. The fourth-order valence-corrected chi connectivity index (χ4v) is 2.91. The van der Waals surface area contributed by atoms with Crippen molar-refractivity contribution in [2.24, 2.45) is 0 Å². The van der Waals surface area contributed by atoms with Crippen molar-refractivity contribution in [3.05, 3.63) is 34.1 Å². The largest absolute Gasteiger partial charge is 0.296 e. The third kappa shape index (κ3) is 2.64. The number of hydrogen-bond donors (Lipinski definition) is 0. The first-order valence-electron chi connectivity index (χ1n) is 5.88. The predicted octanol–water partition coefficient (Wildman–Crippen LogP) is 3.96. The van der Waals surface area contributed by atoms with Crippen molar-refractivity contribution in [2.45, 2.75) is 38.8 Å². The molecule has 1 fully saturated rings. The summed E-state index contributed by atoms with van der Waals surface area (Å²) in [6, 6.07) is 5.67. The third-order valence-corrected chi connectivity index (χ3v) is 4.10. The average molecular weight is 286 g/mol. The van der Waals surface area contributed by atoms with Crippen LogP contribution in [0.3, 0.4) is 0 Å². The summed E-state index contributed by atoms with van der Waals surface area (Å²) in [5.74, 6) is -0.177. The Morgan fingerprint density at radius 3 is 3.00 bits per heavy atom. The lowest BCUT2D eigenvalue weighted by atomic mass is 10.1. The second-order valence-corrected chi connectivity index (χ2v) is 5.26. The summed E-state index contributed by atoms with van der Waals surface area (Å²) in [5.41, 5.74) is 1.18. The van der Waals surface area contributed by atoms with E-state index in [2.05, 4.69) is 27.8 Å². The standard InChI is InChI=1S/C13H17BrFN/c1-2-12-4-3-7-16(12)9-10-5-6-11(15)8-13(10)14/h5-6,8,12H,2-4,7,9H2,1H3. The minimum atomic E-state index is -0.177. The van der Waals surface area contributed by atoms with E-state index in [0.717, 1.165) is 11.0 Å². The molecule has 0 N–H and O–H groups in total. The van der Waals surface area contributed by atoms with Gasteiger partial charge in [0, 0.05) is 17.1 Å². The van der Waals surface area contributed by atoms with Crippen LogP contribution in [0.2, 0.25) is 0 Å². The molecular weight excluding hydrogens is 269 g/mol. The van der Waals surface area contributed by atoms with Crippen LogP contribution < -0.4 is 0 Å². The Balaban J connectivity index is 2.08. The van der Waals surface area contributed by atoms with Crippen LogP contribution in [0, 0.1) is 5.82 Å². The van der Waals surface area contributed by atoms with E-state index in [1.807, 2.05) is 6.07 Å². The molecule has 1 aliphatic heterocycles. The highest BCUT2D eigenvalue weighted by molar-refractivity contribution is 9.10. The normalized spacial score (nSPS) is 21.6. The van der Waals surface area contributed by atoms with Crippen LogP contribution in [0.1, 0.15) is 31.7 Å². The van der Waals surface area contributed by atoms with Crippen LogP contribution in [0.25, 0.3) is 0 Å². The van der Waals surface area contributed by atoms with E-state index >= 15 is 0 Å². The summed E-state index contributed by atoms with van der Waals surface area (Å²) in [7, 11) is 0. The van der Waals surface area contributed by atoms with Crippen LogP contribution in [0.4, 0.5) is 4.39 Å². The molecule has 0 aromatic heterocycles. The molecule has 1 aromatic carbocycles. The highest BCUT2D eigenvalue weighted by Gasteiger charge is 2.23. The molecule has 1 nitrogen and oxygen atoms in total. The molecular formula is C13H17BrFN. The molecule has 1 saturated heterocycles. The fourth-order valence-electron chi connectivity index (χ4n) is 2.43. The van der Waals surface area contributed by atoms with E-state index in [0.29, 0.717) is 6.04 Å². The predicted molar refractivity (Wildman–Crippen MR) is 67.8 cm³/mol. The van der Waals surface area contributed by atoms with Crippen molar-refractivity contribution < 1.29 is 4.39 Å². The molecule has 0 spiro atoms. The van der Waals surface area contributed by atoms with E-state index in [-0.39, 0.29) is 5.82 Å². The molecule has 2 rings (SSSR count). The maximum atomic E-state index is 13.0. The van der Waals surface area contributed by atoms with Crippen molar-refractivity contribution in [3.8, 4) is 0 Å². The van der Waals surface area contributed by atoms with E-state index < -0.39 is 0 Å². The van der Waals surface area contributed by atoms with E-state index in [1.54, 1.807) is 6.07 Å². The maximum absolute atomic E-state index is 13.0. The number of hydrogen-bond acceptors (Lipinski definition) is 1. The molecule has 88 valence electrons. The van der Waals surface area contributed by atoms with Gasteiger partial charge in [-0.25, -0.2) is 4.39 Å². The highest BCUT2D eigenvalue weighted by atomic mass is 79.9. The van der Waals surface area contributed by atoms with Crippen molar-refractivity contribution >= 4 is 15.9 Å². The third-order valence-electron chi connectivity index (χ3n) is 3.36. The first-order valence-corrected chi connectivity index (χ1v) is 6.68. The Labute approximate surface area is 105 Å². The number of rotatable bonds is 3. The first kappa shape index (κ1) is 12.1. The quantitative estimate of drug-likeness (QED) is 0.813. The summed E-state index contributed by atoms with van der Waals surface area (Å²) >= 11 is 3.43. The van der Waals surface area contributed by atoms with Gasteiger partial charge in [-0.15, -0.1) is 0 Å². The SMILES string of the molecule is CCC1CCCN1Cc1ccc(F)cc1Br. The smallest absolute Gasteiger partial charge is 0.124 e. The molecule has 0 radical (unpaired) electrons. The number of halogens is 2. The zero-order chi connectivity index (χ0) is 11.5. The Hall–Kier alpha value is -0.410. The van der Waals surface area contributed by atoms with Crippen molar-refractivity contribution in [2.75, 3.05) is 6.54 Å². The van der Waals surface area contributed by atoms with Crippen LogP contribution in [0.5, 0.6) is 0 Å². The van der Waals surface area contributed by atoms with Gasteiger partial charge in [-0.3, -0.25) is 4.90 Å². The molecule has 1 unspecified atom stereocenters. The lowest BCUT2D eigenvalue weighted by molar-refractivity contribution is 0.239. The van der Waals surface area contributed by atoms with Crippen molar-refractivity contribution in [1.29, 1.82) is 0 Å². The lowest BCUT2D eigenvalue weighted by Gasteiger charge is -2.23. The number of likely N-dealkylation sites (tertiary alicyclic amines) is 1. The van der Waals surface area contributed by atoms with E-state index in [1.165, 1.54) is 37.4 Å². The van der Waals surface area contributed by atoms with Crippen LogP contribution in [0.15, 0.2) is 22.7 Å². The zero-order valence-electron chi connectivity index (χ0n) is 9.55. The molecule has 0 amide bonds. The van der Waals surface area contributed by atoms with Gasteiger partial charge in [0.1, 0.15) is 5.82 Å². The van der Waals surface area contributed by atoms with Crippen molar-refractivity contribution in [3.63, 3.8) is 0 Å². The average Bonchev–Trinajstić information content (AvgIpc) is 2.69. The Kier molecular flexibility index (Phi) is 3.98. The van der Waals surface area contributed by atoms with Crippen LogP contribution in [-0.4, -0.2) is 17.5 Å². The lowest BCUT2D eigenvalue weighted by Crippen LogP contribution is -2.28. The topological polar surface area (TPSA) is 3.24 Å². The second kappa shape index (κ2) is 5.28. The van der Waals surface area contributed by atoms with Gasteiger partial charge in [0.2, 0.25) is 0 Å². The molecule has 0 bridgehead atoms. The van der Waals surface area contributed by atoms with Crippen LogP contribution in [-0.2, 0) is 6.54 Å². The van der Waals surface area contributed by atoms with Gasteiger partial charge in [0.25, 0.3) is 0 Å². The molecule has 0 saturated carbocycles. The maximum Gasteiger partial charge on any atom is 0.124 e. The monoisotopic (exact) mass is 285 g/mol. The van der Waals surface area contributed by atoms with Gasteiger partial charge < -0.3 is 0 Å². The molecule has 1 heterocycles. The minimum Gasteiger partial charge on any atom is -0.296 e. The van der Waals surface area contributed by atoms with E-state index in [4.69, 9.17) is 0 Å². The van der Waals surface area contributed by atoms with Gasteiger partial charge in [0.15, 0.2) is 0 Å². The fraction of sp³-hybridized carbons (Fsp3) is 0.538. The summed E-state index contributed by atoms with van der Waals surface area (Å²) in [5, 5.41) is 0. The molecule has 1 aliphatic rings. The second-order valence-electron chi connectivity index (χ2n) is 4.41. The molecule has 1 aromatic rings. The molecule has 0 aliphatic carbocycles. The van der Waals surface area contributed by atoms with Crippen LogP contribution >= 0.6 is 15.9 Å². The van der Waals surface area contributed by atoms with Gasteiger partial charge in [-0.2, -0.15) is 0 Å². The zero-order valence-corrected chi connectivity index (χ0v) is 11.1. The molecule has 1 atom stereocenters. The summed E-state index contributed by atoms with van der Waals surface area (Å²) < 4.78 is 13.8. The van der Waals surface area contributed by atoms with Crippen molar-refractivity contribution in [1.82, 2.24) is 4.90 Å². The van der Waals surface area contributed by atoms with E-state index in [9.17, 15) is 4.39 Å². The Morgan fingerprint density at radius 2 is 2.31 bits per heavy atom. The van der Waals surface area contributed by atoms with Gasteiger partial charge in [-0.1, -0.05) is 28.9 Å². The Morgan fingerprint density at radius 1 is 1.50 bits per heavy atom. The minimum absolute atomic E-state index is 0.177. The van der Waals surface area contributed by atoms with Gasteiger partial charge in [0.05, 0.1) is 0 Å². The number of benzene rings is 1. The molecule has 16 heavy (non-hydrogen) atoms. The molecule has 3 heteroatoms. The summed E-state index contributed by atoms with van der Waals surface area (Å²) in [6.07, 6.45) is 3.80. The summed E-state index contributed by atoms with van der Waals surface area (Å²) in [6.45, 7) is 4.34. The Bertz CT molecular complexity index is 367. The van der Waals surface area contributed by atoms with Gasteiger partial charge >= 0.3 is 0 Å². The van der Waals surface area contributed by atoms with Gasteiger partial charge in [-0.05, 0) is 43.5 Å².